The van der Waals surface area contributed by atoms with Crippen LogP contribution in [0, 0.1) is 0 Å². The Labute approximate surface area is 211 Å². The molecule has 3 N–H and O–H groups in total. The minimum absolute atomic E-state index is 0.200. The van der Waals surface area contributed by atoms with Crippen LogP contribution in [0.2, 0.25) is 0 Å². The number of H-pyrrole nitrogens is 1. The molecular formula is C22H28ClFN3O8P. The Balaban J connectivity index is 1.81. The summed E-state index contributed by atoms with van der Waals surface area (Å²) in [5.74, 6) is -3.31. The van der Waals surface area contributed by atoms with Crippen molar-refractivity contribution in [1.82, 2.24) is 14.6 Å². The first-order valence-corrected chi connectivity index (χ1v) is 13.4. The highest BCUT2D eigenvalue weighted by Crippen LogP contribution is 2.49. The highest BCUT2D eigenvalue weighted by atomic mass is 35.5. The summed E-state index contributed by atoms with van der Waals surface area (Å²) in [4.78, 5) is 37.7. The van der Waals surface area contributed by atoms with Crippen LogP contribution in [0.15, 0.2) is 52.2 Å². The van der Waals surface area contributed by atoms with Crippen molar-refractivity contribution in [2.75, 3.05) is 6.16 Å². The molecule has 1 aliphatic rings. The van der Waals surface area contributed by atoms with Gasteiger partial charge in [-0.05, 0) is 32.9 Å². The van der Waals surface area contributed by atoms with Crippen LogP contribution in [0.3, 0.4) is 0 Å². The summed E-state index contributed by atoms with van der Waals surface area (Å²) in [6, 6.07) is 8.01. The summed E-state index contributed by atoms with van der Waals surface area (Å²) in [5.41, 5.74) is -1.59. The molecule has 0 amide bonds. The zero-order valence-electron chi connectivity index (χ0n) is 19.8. The number of esters is 1. The van der Waals surface area contributed by atoms with Gasteiger partial charge in [-0.3, -0.25) is 23.7 Å². The minimum atomic E-state index is -3.98. The molecule has 1 aromatic heterocycles. The largest absolute Gasteiger partial charge is 0.462 e. The quantitative estimate of drug-likeness (QED) is 0.231. The molecule has 6 atom stereocenters. The Kier molecular flexibility index (Phi) is 8.79. The Morgan fingerprint density at radius 1 is 1.31 bits per heavy atom. The number of aliphatic hydroxyl groups is 1. The van der Waals surface area contributed by atoms with Crippen LogP contribution < -0.4 is 20.9 Å². The van der Waals surface area contributed by atoms with Crippen molar-refractivity contribution in [2.45, 2.75) is 62.9 Å². The molecule has 1 aromatic carbocycles. The van der Waals surface area contributed by atoms with Gasteiger partial charge in [0.1, 0.15) is 23.3 Å². The van der Waals surface area contributed by atoms with Crippen molar-refractivity contribution in [3.05, 3.63) is 63.4 Å². The Morgan fingerprint density at radius 2 is 1.97 bits per heavy atom. The summed E-state index contributed by atoms with van der Waals surface area (Å²) in [5, 5.41) is 11.7. The standard InChI is InChI=1S/C22H28ClFN3O8P/c1-13(2)33-20(30)14(3)26-36(32,35-15-7-5-4-6-8-15)12-10-22(24)18(29)17(23)19(34-22)27-11-9-16(28)25-21(27)31/h4-9,11,13-14,17-19,29H,10,12H2,1-3H3,(H,26,32)(H,25,28,31)/t14-,17+,18-,19+,22+,36?/m0/s1. The fraction of sp³-hybridized carbons (Fsp3) is 0.500. The molecule has 36 heavy (non-hydrogen) atoms. The number of halogens is 2. The molecule has 198 valence electrons. The second kappa shape index (κ2) is 11.3. The number of aromatic nitrogens is 2. The van der Waals surface area contributed by atoms with Crippen LogP contribution >= 0.6 is 19.1 Å². The Hall–Kier alpha value is -2.50. The highest BCUT2D eigenvalue weighted by molar-refractivity contribution is 7.57. The Bertz CT molecular complexity index is 1230. The van der Waals surface area contributed by atoms with Crippen molar-refractivity contribution in [3.8, 4) is 5.75 Å². The molecule has 14 heteroatoms. The number of hydrogen-bond acceptors (Lipinski definition) is 8. The molecule has 0 bridgehead atoms. The van der Waals surface area contributed by atoms with Gasteiger partial charge in [-0.2, -0.15) is 0 Å². The number of carbonyl (C=O) groups excluding carboxylic acids is 1. The third kappa shape index (κ3) is 6.63. The maximum Gasteiger partial charge on any atom is 0.330 e. The maximum atomic E-state index is 15.8. The van der Waals surface area contributed by atoms with E-state index in [1.807, 2.05) is 4.98 Å². The fourth-order valence-electron chi connectivity index (χ4n) is 3.54. The van der Waals surface area contributed by atoms with E-state index < -0.39 is 73.0 Å². The van der Waals surface area contributed by atoms with E-state index in [-0.39, 0.29) is 5.75 Å². The molecule has 11 nitrogen and oxygen atoms in total. The number of rotatable bonds is 10. The number of hydrogen-bond donors (Lipinski definition) is 3. The lowest BCUT2D eigenvalue weighted by Crippen LogP contribution is -2.40. The van der Waals surface area contributed by atoms with Gasteiger partial charge in [-0.25, -0.2) is 14.3 Å². The van der Waals surface area contributed by atoms with Crippen LogP contribution in [0.1, 0.15) is 33.4 Å². The van der Waals surface area contributed by atoms with Crippen LogP contribution in [0.4, 0.5) is 4.39 Å². The monoisotopic (exact) mass is 547 g/mol. The summed E-state index contributed by atoms with van der Waals surface area (Å²) in [6.07, 6.45) is -3.93. The van der Waals surface area contributed by atoms with Crippen molar-refractivity contribution in [3.63, 3.8) is 0 Å². The van der Waals surface area contributed by atoms with Gasteiger partial charge in [-0.15, -0.1) is 11.6 Å². The minimum Gasteiger partial charge on any atom is -0.462 e. The molecule has 0 radical (unpaired) electrons. The van der Waals surface area contributed by atoms with Gasteiger partial charge >= 0.3 is 19.2 Å². The van der Waals surface area contributed by atoms with Gasteiger partial charge in [0.25, 0.3) is 5.56 Å². The second-order valence-electron chi connectivity index (χ2n) is 8.59. The van der Waals surface area contributed by atoms with Crippen molar-refractivity contribution in [2.24, 2.45) is 0 Å². The lowest BCUT2D eigenvalue weighted by atomic mass is 10.1. The number of nitrogens with zero attached hydrogens (tertiary/aromatic N) is 1. The average molecular weight is 548 g/mol. The van der Waals surface area contributed by atoms with Gasteiger partial charge in [-0.1, -0.05) is 18.2 Å². The van der Waals surface area contributed by atoms with E-state index in [0.29, 0.717) is 0 Å². The van der Waals surface area contributed by atoms with Crippen LogP contribution in [0.25, 0.3) is 0 Å². The predicted molar refractivity (Wildman–Crippen MR) is 129 cm³/mol. The number of aromatic amines is 1. The summed E-state index contributed by atoms with van der Waals surface area (Å²) in [6.45, 7) is 4.73. The fourth-order valence-corrected chi connectivity index (χ4v) is 5.93. The van der Waals surface area contributed by atoms with Gasteiger partial charge in [0.2, 0.25) is 5.85 Å². The number of aliphatic hydroxyl groups excluding tert-OH is 1. The third-order valence-electron chi connectivity index (χ3n) is 5.30. The van der Waals surface area contributed by atoms with Crippen LogP contribution in [-0.4, -0.2) is 56.3 Å². The van der Waals surface area contributed by atoms with E-state index in [0.717, 1.165) is 16.8 Å². The zero-order valence-corrected chi connectivity index (χ0v) is 21.4. The van der Waals surface area contributed by atoms with E-state index in [1.165, 1.54) is 19.1 Å². The first-order chi connectivity index (χ1) is 16.8. The smallest absolute Gasteiger partial charge is 0.330 e. The van der Waals surface area contributed by atoms with Crippen LogP contribution in [0.5, 0.6) is 5.75 Å². The van der Waals surface area contributed by atoms with Gasteiger partial charge in [0, 0.05) is 18.7 Å². The molecule has 2 heterocycles. The van der Waals surface area contributed by atoms with Gasteiger partial charge in [0.15, 0.2) is 6.23 Å². The maximum absolute atomic E-state index is 15.8. The number of para-hydroxylation sites is 1. The molecule has 0 aliphatic carbocycles. The second-order valence-corrected chi connectivity index (χ2v) is 11.3. The average Bonchev–Trinajstić information content (AvgIpc) is 3.02. The molecule has 1 fully saturated rings. The van der Waals surface area contributed by atoms with E-state index in [4.69, 9.17) is 25.6 Å². The third-order valence-corrected chi connectivity index (χ3v) is 7.85. The topological polar surface area (TPSA) is 149 Å². The summed E-state index contributed by atoms with van der Waals surface area (Å²) < 4.78 is 46.5. The van der Waals surface area contributed by atoms with E-state index >= 15 is 4.39 Å². The highest BCUT2D eigenvalue weighted by Gasteiger charge is 2.56. The number of nitrogens with one attached hydrogen (secondary N) is 2. The van der Waals surface area contributed by atoms with Gasteiger partial charge < -0.3 is 19.1 Å². The van der Waals surface area contributed by atoms with E-state index in [2.05, 4.69) is 5.09 Å². The van der Waals surface area contributed by atoms with E-state index in [9.17, 15) is 24.1 Å². The van der Waals surface area contributed by atoms with Gasteiger partial charge in [0.05, 0.1) is 12.3 Å². The SMILES string of the molecule is CC(C)OC(=O)[C@H](C)NP(=O)(CC[C@@]1(F)O[C@@H](n2ccc(=O)[nH]c2=O)[C@H](Cl)[C@@H]1O)Oc1ccccc1. The lowest BCUT2D eigenvalue weighted by molar-refractivity contribution is -0.188. The predicted octanol–water partition coefficient (Wildman–Crippen LogP) is 2.29. The molecular weight excluding hydrogens is 520 g/mol. The molecule has 2 aromatic rings. The Morgan fingerprint density at radius 3 is 2.58 bits per heavy atom. The molecule has 0 spiro atoms. The summed E-state index contributed by atoms with van der Waals surface area (Å²) >= 11 is 6.17. The molecule has 1 saturated heterocycles. The van der Waals surface area contributed by atoms with Crippen molar-refractivity contribution >= 4 is 25.1 Å². The number of carbonyl (C=O) groups is 1. The molecule has 0 saturated carbocycles. The number of alkyl halides is 2. The van der Waals surface area contributed by atoms with E-state index in [1.54, 1.807) is 32.0 Å². The number of benzene rings is 1. The first-order valence-electron chi connectivity index (χ1n) is 11.2. The van der Waals surface area contributed by atoms with Crippen LogP contribution in [-0.2, 0) is 18.8 Å². The zero-order chi connectivity index (χ0) is 26.7. The lowest BCUT2D eigenvalue weighted by Gasteiger charge is -2.28. The molecule has 1 unspecified atom stereocenters. The number of ether oxygens (including phenoxy) is 2. The normalized spacial score (nSPS) is 26.4. The molecule has 1 aliphatic heterocycles. The molecule has 3 rings (SSSR count). The first kappa shape index (κ1) is 28.1. The van der Waals surface area contributed by atoms with Crippen molar-refractivity contribution in [1.29, 1.82) is 0 Å². The summed E-state index contributed by atoms with van der Waals surface area (Å²) in [7, 11) is -3.98. The van der Waals surface area contributed by atoms with Crippen molar-refractivity contribution < 1.29 is 32.9 Å².